The van der Waals surface area contributed by atoms with Crippen molar-refractivity contribution >= 4 is 17.4 Å². The molecule has 1 aliphatic rings. The number of nitrogens with one attached hydrogen (secondary N) is 1. The van der Waals surface area contributed by atoms with Crippen LogP contribution in [0.3, 0.4) is 0 Å². The average molecular weight is 220 g/mol. The highest BCUT2D eigenvalue weighted by Crippen LogP contribution is 2.22. The van der Waals surface area contributed by atoms with E-state index in [1.807, 2.05) is 13.0 Å². The molecule has 2 rings (SSSR count). The minimum Gasteiger partial charge on any atom is -0.396 e. The molecule has 0 aliphatic carbocycles. The smallest absolute Gasteiger partial charge is 0.244 e. The summed E-state index contributed by atoms with van der Waals surface area (Å²) in [7, 11) is 1.80. The predicted octanol–water partition coefficient (Wildman–Crippen LogP) is 0.615. The van der Waals surface area contributed by atoms with Crippen LogP contribution in [0.4, 0.5) is 11.5 Å². The molecule has 0 aromatic carbocycles. The van der Waals surface area contributed by atoms with E-state index in [2.05, 4.69) is 10.3 Å². The Morgan fingerprint density at radius 2 is 2.38 bits per heavy atom. The van der Waals surface area contributed by atoms with Crippen molar-refractivity contribution in [2.75, 3.05) is 24.6 Å². The highest BCUT2D eigenvalue weighted by atomic mass is 16.2. The van der Waals surface area contributed by atoms with Gasteiger partial charge in [0.15, 0.2) is 0 Å². The van der Waals surface area contributed by atoms with Gasteiger partial charge >= 0.3 is 0 Å². The molecule has 1 saturated heterocycles. The molecule has 1 aromatic heterocycles. The zero-order chi connectivity index (χ0) is 11.7. The lowest BCUT2D eigenvalue weighted by molar-refractivity contribution is -0.127. The minimum atomic E-state index is -0.193. The number of hydrogen-bond acceptors (Lipinski definition) is 4. The second kappa shape index (κ2) is 4.00. The molecule has 2 heterocycles. The zero-order valence-electron chi connectivity index (χ0n) is 9.53. The van der Waals surface area contributed by atoms with E-state index in [0.717, 1.165) is 18.5 Å². The number of hydrogen-bond donors (Lipinski definition) is 2. The van der Waals surface area contributed by atoms with Gasteiger partial charge in [-0.1, -0.05) is 0 Å². The van der Waals surface area contributed by atoms with Crippen molar-refractivity contribution in [2.24, 2.45) is 0 Å². The summed E-state index contributed by atoms with van der Waals surface area (Å²) in [5.41, 5.74) is 7.48. The van der Waals surface area contributed by atoms with E-state index in [1.165, 1.54) is 0 Å². The van der Waals surface area contributed by atoms with Crippen LogP contribution in [0.15, 0.2) is 12.3 Å². The van der Waals surface area contributed by atoms with Gasteiger partial charge in [-0.15, -0.1) is 0 Å². The number of amides is 1. The van der Waals surface area contributed by atoms with Crippen LogP contribution in [0.2, 0.25) is 0 Å². The third-order valence-electron chi connectivity index (χ3n) is 2.95. The summed E-state index contributed by atoms with van der Waals surface area (Å²) in [4.78, 5) is 17.6. The first kappa shape index (κ1) is 10.7. The quantitative estimate of drug-likeness (QED) is 0.766. The number of likely N-dealkylation sites (N-methyl/N-ethyl adjacent to an activating group) is 1. The second-order valence-electron chi connectivity index (χ2n) is 4.14. The lowest BCUT2D eigenvalue weighted by Crippen LogP contribution is -2.31. The first-order valence-electron chi connectivity index (χ1n) is 5.32. The Labute approximate surface area is 94.6 Å². The van der Waals surface area contributed by atoms with Crippen LogP contribution in [-0.4, -0.2) is 35.4 Å². The molecule has 0 spiro atoms. The third-order valence-corrected chi connectivity index (χ3v) is 2.95. The molecule has 1 aromatic rings. The van der Waals surface area contributed by atoms with E-state index in [1.54, 1.807) is 18.1 Å². The number of carbonyl (C=O) groups is 1. The molecule has 1 aliphatic heterocycles. The van der Waals surface area contributed by atoms with E-state index in [4.69, 9.17) is 5.73 Å². The number of pyridine rings is 1. The number of nitrogens with two attached hydrogens (primary N) is 1. The summed E-state index contributed by atoms with van der Waals surface area (Å²) in [6.07, 6.45) is 2.49. The van der Waals surface area contributed by atoms with Gasteiger partial charge in [-0.3, -0.25) is 4.79 Å². The third kappa shape index (κ3) is 1.80. The number of carbonyl (C=O) groups excluding carboxylic acids is 1. The van der Waals surface area contributed by atoms with E-state index in [-0.39, 0.29) is 11.9 Å². The summed E-state index contributed by atoms with van der Waals surface area (Å²) in [6, 6.07) is 1.66. The average Bonchev–Trinajstić information content (AvgIpc) is 2.57. The van der Waals surface area contributed by atoms with Crippen molar-refractivity contribution in [1.29, 1.82) is 0 Å². The van der Waals surface area contributed by atoms with Gasteiger partial charge in [-0.2, -0.15) is 0 Å². The molecule has 0 saturated carbocycles. The van der Waals surface area contributed by atoms with E-state index in [0.29, 0.717) is 11.5 Å². The largest absolute Gasteiger partial charge is 0.396 e. The molecule has 1 unspecified atom stereocenters. The molecular formula is C11H16N4O. The van der Waals surface area contributed by atoms with Gasteiger partial charge < -0.3 is 16.0 Å². The molecule has 86 valence electrons. The Morgan fingerprint density at radius 1 is 1.62 bits per heavy atom. The Morgan fingerprint density at radius 3 is 3.00 bits per heavy atom. The van der Waals surface area contributed by atoms with Crippen molar-refractivity contribution in [1.82, 2.24) is 9.88 Å². The molecule has 1 amide bonds. The molecule has 3 N–H and O–H groups in total. The predicted molar refractivity (Wildman–Crippen MR) is 63.1 cm³/mol. The van der Waals surface area contributed by atoms with Gasteiger partial charge in [-0.05, 0) is 25.0 Å². The van der Waals surface area contributed by atoms with Gasteiger partial charge in [0.1, 0.15) is 11.9 Å². The molecule has 5 heteroatoms. The highest BCUT2D eigenvalue weighted by molar-refractivity contribution is 5.87. The van der Waals surface area contributed by atoms with Crippen LogP contribution in [0, 0.1) is 6.92 Å². The fourth-order valence-corrected chi connectivity index (χ4v) is 1.81. The lowest BCUT2D eigenvalue weighted by atomic mass is 10.2. The SMILES string of the molecule is Cc1ccnc(NC2CCN(C)C2=O)c1N. The number of aryl methyl sites for hydroxylation is 1. The number of rotatable bonds is 2. The summed E-state index contributed by atoms with van der Waals surface area (Å²) < 4.78 is 0. The molecule has 16 heavy (non-hydrogen) atoms. The van der Waals surface area contributed by atoms with Crippen LogP contribution in [0.1, 0.15) is 12.0 Å². The summed E-state index contributed by atoms with van der Waals surface area (Å²) in [5, 5.41) is 3.10. The number of aromatic nitrogens is 1. The Hall–Kier alpha value is -1.78. The van der Waals surface area contributed by atoms with Crippen molar-refractivity contribution < 1.29 is 4.79 Å². The maximum absolute atomic E-state index is 11.7. The van der Waals surface area contributed by atoms with Crippen molar-refractivity contribution in [3.05, 3.63) is 17.8 Å². The fraction of sp³-hybridized carbons (Fsp3) is 0.455. The number of anilines is 2. The zero-order valence-corrected chi connectivity index (χ0v) is 9.53. The molecule has 5 nitrogen and oxygen atoms in total. The normalized spacial score (nSPS) is 20.2. The van der Waals surface area contributed by atoms with Gasteiger partial charge in [0.2, 0.25) is 5.91 Å². The lowest BCUT2D eigenvalue weighted by Gasteiger charge is -2.14. The van der Waals surface area contributed by atoms with Crippen LogP contribution in [0.25, 0.3) is 0 Å². The second-order valence-corrected chi connectivity index (χ2v) is 4.14. The molecule has 0 radical (unpaired) electrons. The van der Waals surface area contributed by atoms with Crippen molar-refractivity contribution in [3.8, 4) is 0 Å². The van der Waals surface area contributed by atoms with E-state index in [9.17, 15) is 4.79 Å². The van der Waals surface area contributed by atoms with Crippen LogP contribution in [-0.2, 0) is 4.79 Å². The van der Waals surface area contributed by atoms with Crippen molar-refractivity contribution in [3.63, 3.8) is 0 Å². The van der Waals surface area contributed by atoms with Gasteiger partial charge in [0.05, 0.1) is 5.69 Å². The minimum absolute atomic E-state index is 0.0997. The summed E-state index contributed by atoms with van der Waals surface area (Å²) in [5.74, 6) is 0.705. The van der Waals surface area contributed by atoms with E-state index < -0.39 is 0 Å². The summed E-state index contributed by atoms with van der Waals surface area (Å²) >= 11 is 0. The van der Waals surface area contributed by atoms with Crippen LogP contribution >= 0.6 is 0 Å². The Kier molecular flexibility index (Phi) is 2.68. The monoisotopic (exact) mass is 220 g/mol. The number of nitrogens with zero attached hydrogens (tertiary/aromatic N) is 2. The first-order valence-corrected chi connectivity index (χ1v) is 5.32. The Balaban J connectivity index is 2.16. The number of likely N-dealkylation sites (tertiary alicyclic amines) is 1. The molecule has 0 bridgehead atoms. The first-order chi connectivity index (χ1) is 7.59. The fourth-order valence-electron chi connectivity index (χ4n) is 1.81. The number of nitrogen functional groups attached to an aromatic ring is 1. The van der Waals surface area contributed by atoms with Crippen molar-refractivity contribution in [2.45, 2.75) is 19.4 Å². The van der Waals surface area contributed by atoms with E-state index >= 15 is 0 Å². The molecule has 1 atom stereocenters. The van der Waals surface area contributed by atoms with Gasteiger partial charge in [0.25, 0.3) is 0 Å². The molecular weight excluding hydrogens is 204 g/mol. The summed E-state index contributed by atoms with van der Waals surface area (Å²) in [6.45, 7) is 2.70. The van der Waals surface area contributed by atoms with Gasteiger partial charge in [0, 0.05) is 19.8 Å². The molecule has 1 fully saturated rings. The van der Waals surface area contributed by atoms with Crippen LogP contribution < -0.4 is 11.1 Å². The standard InChI is InChI=1S/C11H16N4O/c1-7-3-5-13-10(9(7)12)14-8-4-6-15(2)11(8)16/h3,5,8H,4,6,12H2,1-2H3,(H,13,14). The Bertz CT molecular complexity index is 418. The van der Waals surface area contributed by atoms with Gasteiger partial charge in [-0.25, -0.2) is 4.98 Å². The maximum atomic E-state index is 11.7. The van der Waals surface area contributed by atoms with Crippen LogP contribution in [0.5, 0.6) is 0 Å². The highest BCUT2D eigenvalue weighted by Gasteiger charge is 2.29. The maximum Gasteiger partial charge on any atom is 0.244 e. The topological polar surface area (TPSA) is 71.2 Å².